The highest BCUT2D eigenvalue weighted by molar-refractivity contribution is 5.82. The summed E-state index contributed by atoms with van der Waals surface area (Å²) in [7, 11) is 0. The Hall–Kier alpha value is -1.31. The predicted molar refractivity (Wildman–Crippen MR) is 68.3 cm³/mol. The van der Waals surface area contributed by atoms with Gasteiger partial charge in [-0.25, -0.2) is 0 Å². The topological polar surface area (TPSA) is 37.3 Å². The molecule has 1 aromatic rings. The maximum absolute atomic E-state index is 11.4. The molecular weight excluding hydrogens is 212 g/mol. The number of hydrogen-bond acceptors (Lipinski definition) is 1. The lowest BCUT2D eigenvalue weighted by atomic mass is 9.64. The van der Waals surface area contributed by atoms with Gasteiger partial charge in [0.25, 0.3) is 0 Å². The van der Waals surface area contributed by atoms with Crippen LogP contribution in [0.4, 0.5) is 0 Å². The molecule has 0 saturated heterocycles. The third kappa shape index (κ3) is 1.97. The van der Waals surface area contributed by atoms with Crippen molar-refractivity contribution in [3.05, 3.63) is 35.4 Å². The highest BCUT2D eigenvalue weighted by atomic mass is 16.4. The molecule has 2 nitrogen and oxygen atoms in total. The molecule has 17 heavy (non-hydrogen) atoms. The van der Waals surface area contributed by atoms with Crippen molar-refractivity contribution in [2.45, 2.75) is 50.9 Å². The van der Waals surface area contributed by atoms with Gasteiger partial charge in [-0.05, 0) is 36.3 Å². The zero-order chi connectivity index (χ0) is 12.5. The molecule has 1 atom stereocenters. The molecule has 2 heteroatoms. The molecule has 1 unspecified atom stereocenters. The summed E-state index contributed by atoms with van der Waals surface area (Å²) in [5, 5.41) is 9.36. The van der Waals surface area contributed by atoms with E-state index in [4.69, 9.17) is 0 Å². The van der Waals surface area contributed by atoms with Crippen LogP contribution in [0.25, 0.3) is 0 Å². The van der Waals surface area contributed by atoms with Gasteiger partial charge >= 0.3 is 5.97 Å². The molecule has 1 fully saturated rings. The van der Waals surface area contributed by atoms with E-state index < -0.39 is 11.4 Å². The lowest BCUT2D eigenvalue weighted by Crippen LogP contribution is -2.42. The summed E-state index contributed by atoms with van der Waals surface area (Å²) in [6, 6.07) is 8.20. The van der Waals surface area contributed by atoms with Crippen LogP contribution in [0, 0.1) is 0 Å². The van der Waals surface area contributed by atoms with Crippen molar-refractivity contribution < 1.29 is 9.90 Å². The zero-order valence-corrected chi connectivity index (χ0v) is 10.6. The molecule has 0 aromatic heterocycles. The Kier molecular flexibility index (Phi) is 3.23. The molecule has 0 radical (unpaired) electrons. The first kappa shape index (κ1) is 12.2. The van der Waals surface area contributed by atoms with E-state index in [1.165, 1.54) is 5.56 Å². The third-order valence-electron chi connectivity index (χ3n) is 4.26. The molecule has 0 bridgehead atoms. The molecule has 1 aliphatic carbocycles. The number of carboxylic acids is 1. The van der Waals surface area contributed by atoms with E-state index in [9.17, 15) is 9.90 Å². The summed E-state index contributed by atoms with van der Waals surface area (Å²) < 4.78 is 0. The number of benzene rings is 1. The molecule has 0 spiro atoms. The van der Waals surface area contributed by atoms with E-state index >= 15 is 0 Å². The summed E-state index contributed by atoms with van der Waals surface area (Å²) in [4.78, 5) is 11.4. The number of carboxylic acid groups (broad SMARTS) is 1. The lowest BCUT2D eigenvalue weighted by Gasteiger charge is -2.38. The van der Waals surface area contributed by atoms with Crippen LogP contribution in [0.1, 0.15) is 56.6 Å². The molecule has 92 valence electrons. The molecule has 1 saturated carbocycles. The monoisotopic (exact) mass is 232 g/mol. The maximum Gasteiger partial charge on any atom is 0.314 e. The Morgan fingerprint density at radius 2 is 1.94 bits per heavy atom. The van der Waals surface area contributed by atoms with Gasteiger partial charge in [-0.3, -0.25) is 4.79 Å². The summed E-state index contributed by atoms with van der Waals surface area (Å²) in [5.41, 5.74) is 1.69. The molecule has 2 rings (SSSR count). The average Bonchev–Trinajstić information content (AvgIpc) is 2.27. The van der Waals surface area contributed by atoms with Crippen LogP contribution in [0.5, 0.6) is 0 Å². The molecule has 1 aliphatic rings. The van der Waals surface area contributed by atoms with Gasteiger partial charge in [-0.15, -0.1) is 0 Å². The fourth-order valence-electron chi connectivity index (χ4n) is 2.52. The van der Waals surface area contributed by atoms with Gasteiger partial charge in [0.2, 0.25) is 0 Å². The van der Waals surface area contributed by atoms with Crippen LogP contribution < -0.4 is 0 Å². The van der Waals surface area contributed by atoms with Gasteiger partial charge in [-0.2, -0.15) is 0 Å². The van der Waals surface area contributed by atoms with Crippen molar-refractivity contribution in [3.8, 4) is 0 Å². The number of hydrogen-bond donors (Lipinski definition) is 1. The number of aliphatic carboxylic acids is 1. The van der Waals surface area contributed by atoms with Crippen LogP contribution in [0.3, 0.4) is 0 Å². The molecule has 0 heterocycles. The SMILES string of the molecule is CCC(C)c1ccc(C2(C(=O)O)CCC2)cc1. The third-order valence-corrected chi connectivity index (χ3v) is 4.26. The zero-order valence-electron chi connectivity index (χ0n) is 10.6. The Bertz CT molecular complexity index is 401. The Balaban J connectivity index is 2.26. The van der Waals surface area contributed by atoms with Crippen LogP contribution in [0.15, 0.2) is 24.3 Å². The predicted octanol–water partition coefficient (Wildman–Crippen LogP) is 3.71. The van der Waals surface area contributed by atoms with E-state index in [-0.39, 0.29) is 0 Å². The maximum atomic E-state index is 11.4. The molecule has 0 aliphatic heterocycles. The molecule has 1 N–H and O–H groups in total. The van der Waals surface area contributed by atoms with Gasteiger partial charge < -0.3 is 5.11 Å². The van der Waals surface area contributed by atoms with Crippen molar-refractivity contribution in [2.24, 2.45) is 0 Å². The normalized spacial score (nSPS) is 19.4. The van der Waals surface area contributed by atoms with Crippen molar-refractivity contribution >= 4 is 5.97 Å². The average molecular weight is 232 g/mol. The quantitative estimate of drug-likeness (QED) is 0.859. The second kappa shape index (κ2) is 4.52. The molecule has 1 aromatic carbocycles. The van der Waals surface area contributed by atoms with Gasteiger partial charge in [0.1, 0.15) is 0 Å². The van der Waals surface area contributed by atoms with E-state index in [0.29, 0.717) is 5.92 Å². The highest BCUT2D eigenvalue weighted by Gasteiger charge is 2.45. The summed E-state index contributed by atoms with van der Waals surface area (Å²) in [6.07, 6.45) is 3.71. The van der Waals surface area contributed by atoms with Crippen molar-refractivity contribution in [1.82, 2.24) is 0 Å². The van der Waals surface area contributed by atoms with Crippen LogP contribution in [0.2, 0.25) is 0 Å². The number of rotatable bonds is 4. The lowest BCUT2D eigenvalue weighted by molar-refractivity contribution is -0.147. The molecular formula is C15H20O2. The van der Waals surface area contributed by atoms with E-state index in [1.807, 2.05) is 12.1 Å². The Morgan fingerprint density at radius 1 is 1.35 bits per heavy atom. The van der Waals surface area contributed by atoms with E-state index in [2.05, 4.69) is 26.0 Å². The molecule has 0 amide bonds. The minimum Gasteiger partial charge on any atom is -0.481 e. The fraction of sp³-hybridized carbons (Fsp3) is 0.533. The smallest absolute Gasteiger partial charge is 0.314 e. The first-order valence-corrected chi connectivity index (χ1v) is 6.44. The Labute approximate surface area is 103 Å². The second-order valence-electron chi connectivity index (χ2n) is 5.17. The summed E-state index contributed by atoms with van der Waals surface area (Å²) in [5.74, 6) is -0.119. The second-order valence-corrected chi connectivity index (χ2v) is 5.17. The largest absolute Gasteiger partial charge is 0.481 e. The number of carbonyl (C=O) groups is 1. The van der Waals surface area contributed by atoms with E-state index in [0.717, 1.165) is 31.2 Å². The Morgan fingerprint density at radius 3 is 2.29 bits per heavy atom. The first-order chi connectivity index (χ1) is 8.10. The van der Waals surface area contributed by atoms with Gasteiger partial charge in [-0.1, -0.05) is 44.5 Å². The highest BCUT2D eigenvalue weighted by Crippen LogP contribution is 2.44. The minimum atomic E-state index is -0.667. The van der Waals surface area contributed by atoms with Crippen molar-refractivity contribution in [3.63, 3.8) is 0 Å². The van der Waals surface area contributed by atoms with Gasteiger partial charge in [0.05, 0.1) is 5.41 Å². The van der Waals surface area contributed by atoms with Crippen LogP contribution in [-0.4, -0.2) is 11.1 Å². The van der Waals surface area contributed by atoms with E-state index in [1.54, 1.807) is 0 Å². The summed E-state index contributed by atoms with van der Waals surface area (Å²) >= 11 is 0. The van der Waals surface area contributed by atoms with Crippen molar-refractivity contribution in [1.29, 1.82) is 0 Å². The van der Waals surface area contributed by atoms with Gasteiger partial charge in [0.15, 0.2) is 0 Å². The van der Waals surface area contributed by atoms with Crippen LogP contribution >= 0.6 is 0 Å². The minimum absolute atomic E-state index is 0.547. The fourth-order valence-corrected chi connectivity index (χ4v) is 2.52. The van der Waals surface area contributed by atoms with Gasteiger partial charge in [0, 0.05) is 0 Å². The first-order valence-electron chi connectivity index (χ1n) is 6.44. The standard InChI is InChI=1S/C15H20O2/c1-3-11(2)12-5-7-13(8-6-12)15(14(16)17)9-4-10-15/h5-8,11H,3-4,9-10H2,1-2H3,(H,16,17). The van der Waals surface area contributed by atoms with Crippen molar-refractivity contribution in [2.75, 3.05) is 0 Å². The van der Waals surface area contributed by atoms with Crippen LogP contribution in [-0.2, 0) is 10.2 Å². The summed E-state index contributed by atoms with van der Waals surface area (Å²) in [6.45, 7) is 4.37.